The number of aromatic nitrogens is 2. The minimum Gasteiger partial charge on any atom is -0.396 e. The van der Waals surface area contributed by atoms with Gasteiger partial charge in [0.1, 0.15) is 5.65 Å². The third-order valence-electron chi connectivity index (χ3n) is 4.01. The molecule has 3 rings (SSSR count). The van der Waals surface area contributed by atoms with Crippen molar-refractivity contribution >= 4 is 28.3 Å². The van der Waals surface area contributed by atoms with Crippen LogP contribution in [0.4, 0.5) is 5.69 Å². The molecule has 2 N–H and O–H groups in total. The Balaban J connectivity index is 2.06. The quantitative estimate of drug-likeness (QED) is 0.888. The Morgan fingerprint density at radius 3 is 2.95 bits per heavy atom. The smallest absolute Gasteiger partial charge is 0.253 e. The Kier molecular flexibility index (Phi) is 3.87. The van der Waals surface area contributed by atoms with Gasteiger partial charge in [0.15, 0.2) is 0 Å². The Morgan fingerprint density at radius 2 is 2.29 bits per heavy atom. The maximum atomic E-state index is 12.1. The van der Waals surface area contributed by atoms with Gasteiger partial charge in [0.25, 0.3) is 5.56 Å². The van der Waals surface area contributed by atoms with Crippen LogP contribution < -0.4 is 10.9 Å². The summed E-state index contributed by atoms with van der Waals surface area (Å²) in [6.07, 6.45) is 4.55. The summed E-state index contributed by atoms with van der Waals surface area (Å²) in [6.45, 7) is 0.135. The molecule has 1 aliphatic rings. The first kappa shape index (κ1) is 14.4. The van der Waals surface area contributed by atoms with E-state index in [1.165, 1.54) is 17.4 Å². The normalized spacial score (nSPS) is 16.1. The number of hydrogen-bond donors (Lipinski definition) is 2. The summed E-state index contributed by atoms with van der Waals surface area (Å²) >= 11 is 6.04. The number of nitrogens with zero attached hydrogens (tertiary/aromatic N) is 2. The van der Waals surface area contributed by atoms with Gasteiger partial charge in [0.2, 0.25) is 0 Å². The Labute approximate surface area is 127 Å². The lowest BCUT2D eigenvalue weighted by molar-refractivity contribution is 0.274. The predicted octanol–water partition coefficient (Wildman–Crippen LogP) is 2.16. The lowest BCUT2D eigenvalue weighted by Gasteiger charge is -2.20. The van der Waals surface area contributed by atoms with Crippen LogP contribution in [0, 0.1) is 5.92 Å². The second kappa shape index (κ2) is 5.66. The van der Waals surface area contributed by atoms with Crippen molar-refractivity contribution in [2.75, 3.05) is 11.9 Å². The van der Waals surface area contributed by atoms with Gasteiger partial charge in [0, 0.05) is 37.3 Å². The zero-order valence-corrected chi connectivity index (χ0v) is 12.6. The highest BCUT2D eigenvalue weighted by molar-refractivity contribution is 6.31. The maximum Gasteiger partial charge on any atom is 0.253 e. The van der Waals surface area contributed by atoms with E-state index in [4.69, 9.17) is 11.6 Å². The summed E-state index contributed by atoms with van der Waals surface area (Å²) in [5.74, 6) is 0.573. The number of rotatable bonds is 5. The number of nitrogens with one attached hydrogen (secondary N) is 1. The van der Waals surface area contributed by atoms with E-state index in [2.05, 4.69) is 10.3 Å². The first-order chi connectivity index (χ1) is 10.1. The summed E-state index contributed by atoms with van der Waals surface area (Å²) in [4.78, 5) is 16.3. The summed E-state index contributed by atoms with van der Waals surface area (Å²) < 4.78 is 1.51. The van der Waals surface area contributed by atoms with Crippen molar-refractivity contribution in [3.63, 3.8) is 0 Å². The minimum absolute atomic E-state index is 0.113. The molecule has 6 heteroatoms. The van der Waals surface area contributed by atoms with Crippen molar-refractivity contribution in [1.82, 2.24) is 9.55 Å². The molecule has 1 unspecified atom stereocenters. The zero-order valence-electron chi connectivity index (χ0n) is 11.8. The number of aliphatic hydroxyl groups is 1. The van der Waals surface area contributed by atoms with Gasteiger partial charge in [-0.25, -0.2) is 4.98 Å². The second-order valence-corrected chi connectivity index (χ2v) is 6.02. The summed E-state index contributed by atoms with van der Waals surface area (Å²) in [7, 11) is 1.70. The molecule has 0 aliphatic heterocycles. The molecular weight excluding hydrogens is 290 g/mol. The van der Waals surface area contributed by atoms with Crippen molar-refractivity contribution in [3.8, 4) is 0 Å². The van der Waals surface area contributed by atoms with E-state index < -0.39 is 0 Å². The molecule has 0 bridgehead atoms. The van der Waals surface area contributed by atoms with Crippen molar-refractivity contribution < 1.29 is 5.11 Å². The summed E-state index contributed by atoms with van der Waals surface area (Å²) in [6, 6.07) is 3.58. The fourth-order valence-corrected chi connectivity index (χ4v) is 2.84. The number of fused-ring (bicyclic) bond motifs is 1. The average molecular weight is 308 g/mol. The molecule has 0 aromatic carbocycles. The van der Waals surface area contributed by atoms with Crippen LogP contribution in [0.3, 0.4) is 0 Å². The number of anilines is 1. The largest absolute Gasteiger partial charge is 0.396 e. The van der Waals surface area contributed by atoms with Gasteiger partial charge in [-0.05, 0) is 31.2 Å². The van der Waals surface area contributed by atoms with Crippen molar-refractivity contribution in [1.29, 1.82) is 0 Å². The molecule has 5 nitrogen and oxygen atoms in total. The number of aliphatic hydroxyl groups excluding tert-OH is 1. The highest BCUT2D eigenvalue weighted by atomic mass is 35.5. The molecule has 0 amide bonds. The van der Waals surface area contributed by atoms with Crippen molar-refractivity contribution in [3.05, 3.63) is 33.7 Å². The lowest BCUT2D eigenvalue weighted by Crippen LogP contribution is -2.26. The van der Waals surface area contributed by atoms with Crippen LogP contribution in [0.25, 0.3) is 11.0 Å². The lowest BCUT2D eigenvalue weighted by atomic mass is 10.1. The molecular formula is C15H18ClN3O2. The molecule has 2 aromatic heterocycles. The van der Waals surface area contributed by atoms with Gasteiger partial charge in [-0.1, -0.05) is 11.6 Å². The van der Waals surface area contributed by atoms with E-state index in [1.54, 1.807) is 19.3 Å². The fraction of sp³-hybridized carbons (Fsp3) is 0.467. The SMILES string of the molecule is Cn1c(=O)cc(NC(CCO)C2CC2)c2cc(Cl)cnc21. The maximum absolute atomic E-state index is 12.1. The first-order valence-electron chi connectivity index (χ1n) is 7.13. The third-order valence-corrected chi connectivity index (χ3v) is 4.22. The predicted molar refractivity (Wildman–Crippen MR) is 83.8 cm³/mol. The molecule has 1 fully saturated rings. The molecule has 0 spiro atoms. The van der Waals surface area contributed by atoms with E-state index in [9.17, 15) is 9.90 Å². The van der Waals surface area contributed by atoms with E-state index >= 15 is 0 Å². The first-order valence-corrected chi connectivity index (χ1v) is 7.50. The fourth-order valence-electron chi connectivity index (χ4n) is 2.68. The number of pyridine rings is 2. The molecule has 112 valence electrons. The zero-order chi connectivity index (χ0) is 15.0. The highest BCUT2D eigenvalue weighted by Crippen LogP contribution is 2.36. The molecule has 1 atom stereocenters. The topological polar surface area (TPSA) is 67.2 Å². The van der Waals surface area contributed by atoms with Crippen LogP contribution in [0.1, 0.15) is 19.3 Å². The van der Waals surface area contributed by atoms with Gasteiger partial charge >= 0.3 is 0 Å². The van der Waals surface area contributed by atoms with Crippen LogP contribution in [-0.4, -0.2) is 27.3 Å². The van der Waals surface area contributed by atoms with Gasteiger partial charge in [-0.3, -0.25) is 9.36 Å². The van der Waals surface area contributed by atoms with Crippen molar-refractivity contribution in [2.45, 2.75) is 25.3 Å². The summed E-state index contributed by atoms with van der Waals surface area (Å²) in [5, 5.41) is 14.0. The monoisotopic (exact) mass is 307 g/mol. The molecule has 2 heterocycles. The Bertz CT molecular complexity index is 725. The number of aryl methyl sites for hydroxylation is 1. The molecule has 21 heavy (non-hydrogen) atoms. The van der Waals surface area contributed by atoms with E-state index in [0.29, 0.717) is 23.0 Å². The van der Waals surface area contributed by atoms with Gasteiger partial charge in [0.05, 0.1) is 10.7 Å². The second-order valence-electron chi connectivity index (χ2n) is 5.58. The van der Waals surface area contributed by atoms with Crippen LogP contribution in [0.5, 0.6) is 0 Å². The van der Waals surface area contributed by atoms with Crippen molar-refractivity contribution in [2.24, 2.45) is 13.0 Å². The Hall–Kier alpha value is -1.59. The Morgan fingerprint density at radius 1 is 1.52 bits per heavy atom. The van der Waals surface area contributed by atoms with Crippen LogP contribution in [0.15, 0.2) is 23.1 Å². The van der Waals surface area contributed by atoms with Crippen LogP contribution >= 0.6 is 11.6 Å². The highest BCUT2D eigenvalue weighted by Gasteiger charge is 2.31. The van der Waals surface area contributed by atoms with Gasteiger partial charge < -0.3 is 10.4 Å². The molecule has 2 aromatic rings. The van der Waals surface area contributed by atoms with Crippen LogP contribution in [0.2, 0.25) is 5.02 Å². The van der Waals surface area contributed by atoms with Gasteiger partial charge in [-0.2, -0.15) is 0 Å². The molecule has 0 radical (unpaired) electrons. The van der Waals surface area contributed by atoms with Crippen LogP contribution in [-0.2, 0) is 7.05 Å². The number of hydrogen-bond acceptors (Lipinski definition) is 4. The third kappa shape index (κ3) is 2.89. The molecule has 1 aliphatic carbocycles. The number of halogens is 1. The summed E-state index contributed by atoms with van der Waals surface area (Å²) in [5.41, 5.74) is 1.24. The van der Waals surface area contributed by atoms with E-state index in [0.717, 1.165) is 11.1 Å². The minimum atomic E-state index is -0.113. The van der Waals surface area contributed by atoms with E-state index in [-0.39, 0.29) is 18.2 Å². The van der Waals surface area contributed by atoms with E-state index in [1.807, 2.05) is 6.07 Å². The average Bonchev–Trinajstić information content (AvgIpc) is 3.28. The van der Waals surface area contributed by atoms with Gasteiger partial charge in [-0.15, -0.1) is 0 Å². The molecule has 1 saturated carbocycles. The standard InChI is InChI=1S/C15H18ClN3O2/c1-19-14(21)7-13(11-6-10(16)8-17-15(11)19)18-12(4-5-20)9-2-3-9/h6-9,12,18,20H,2-5H2,1H3. The molecule has 0 saturated heterocycles.